The molecule has 1 aromatic carbocycles. The van der Waals surface area contributed by atoms with E-state index in [-0.39, 0.29) is 19.0 Å². The lowest BCUT2D eigenvalue weighted by atomic mass is 10.0. The van der Waals surface area contributed by atoms with Crippen molar-refractivity contribution in [3.63, 3.8) is 0 Å². The van der Waals surface area contributed by atoms with Gasteiger partial charge in [0.1, 0.15) is 0 Å². The van der Waals surface area contributed by atoms with Crippen molar-refractivity contribution in [2.75, 3.05) is 33.2 Å². The summed E-state index contributed by atoms with van der Waals surface area (Å²) in [5.41, 5.74) is 2.23. The molecule has 0 aromatic heterocycles. The highest BCUT2D eigenvalue weighted by Gasteiger charge is 2.35. The lowest BCUT2D eigenvalue weighted by Crippen LogP contribution is -2.52. The van der Waals surface area contributed by atoms with Crippen LogP contribution in [0.5, 0.6) is 0 Å². The largest absolute Gasteiger partial charge is 0.313 e. The molecule has 0 amide bonds. The molecule has 0 spiro atoms. The highest BCUT2D eigenvalue weighted by Crippen LogP contribution is 2.26. The summed E-state index contributed by atoms with van der Waals surface area (Å²) in [6.07, 6.45) is 1.15. The van der Waals surface area contributed by atoms with Gasteiger partial charge in [0.2, 0.25) is 0 Å². The molecule has 6 nitrogen and oxygen atoms in total. The van der Waals surface area contributed by atoms with E-state index in [1.165, 1.54) is 16.9 Å². The predicted octanol–water partition coefficient (Wildman–Crippen LogP) is 1.29. The molecule has 0 bridgehead atoms. The van der Waals surface area contributed by atoms with Crippen LogP contribution in [-0.2, 0) is 16.6 Å². The normalized spacial score (nSPS) is 19.7. The average Bonchev–Trinajstić information content (AvgIpc) is 2.59. The van der Waals surface area contributed by atoms with Crippen LogP contribution in [0.2, 0.25) is 0 Å². The van der Waals surface area contributed by atoms with Crippen LogP contribution in [-0.4, -0.2) is 50.3 Å². The Kier molecular flexibility index (Phi) is 6.13. The second kappa shape index (κ2) is 7.88. The minimum absolute atomic E-state index is 0.192. The molecule has 1 aromatic rings. The Hall–Kier alpha value is -1.46. The predicted molar refractivity (Wildman–Crippen MR) is 89.9 cm³/mol. The first-order valence-electron chi connectivity index (χ1n) is 7.90. The molecule has 7 heteroatoms. The second-order valence-electron chi connectivity index (χ2n) is 5.66. The summed E-state index contributed by atoms with van der Waals surface area (Å²) in [4.78, 5) is 0. The van der Waals surface area contributed by atoms with Crippen molar-refractivity contribution in [2.24, 2.45) is 0 Å². The second-order valence-corrected chi connectivity index (χ2v) is 7.65. The van der Waals surface area contributed by atoms with Crippen LogP contribution in [0.15, 0.2) is 24.3 Å². The first kappa shape index (κ1) is 17.9. The van der Waals surface area contributed by atoms with Crippen molar-refractivity contribution < 1.29 is 8.42 Å². The summed E-state index contributed by atoms with van der Waals surface area (Å²) < 4.78 is 28.4. The fourth-order valence-electron chi connectivity index (χ4n) is 2.72. The van der Waals surface area contributed by atoms with Crippen molar-refractivity contribution in [1.29, 1.82) is 5.26 Å². The standard InChI is InChI=1S/C16H24N4O2S/c1-3-14-5-7-15(8-6-14)16-13-18-10-12-20(16)23(21,22)19(2)11-4-9-17/h5-8,16,18H,3-4,10-13H2,1-2H3. The molecule has 1 heterocycles. The molecule has 1 fully saturated rings. The maximum absolute atomic E-state index is 12.8. The van der Waals surface area contributed by atoms with Gasteiger partial charge in [0.15, 0.2) is 0 Å². The third kappa shape index (κ3) is 4.09. The van der Waals surface area contributed by atoms with Crippen LogP contribution in [0.1, 0.15) is 30.5 Å². The number of nitrogens with one attached hydrogen (secondary N) is 1. The molecule has 0 aliphatic carbocycles. The van der Waals surface area contributed by atoms with E-state index in [2.05, 4.69) is 12.2 Å². The van der Waals surface area contributed by atoms with E-state index in [9.17, 15) is 8.42 Å². The van der Waals surface area contributed by atoms with E-state index < -0.39 is 10.2 Å². The number of rotatable bonds is 6. The van der Waals surface area contributed by atoms with Crippen LogP contribution < -0.4 is 5.32 Å². The minimum Gasteiger partial charge on any atom is -0.313 e. The van der Waals surface area contributed by atoms with Gasteiger partial charge in [-0.2, -0.15) is 22.3 Å². The maximum atomic E-state index is 12.8. The number of hydrogen-bond donors (Lipinski definition) is 1. The first-order chi connectivity index (χ1) is 11.0. The fourth-order valence-corrected chi connectivity index (χ4v) is 4.24. The topological polar surface area (TPSA) is 76.4 Å². The molecule has 2 rings (SSSR count). The first-order valence-corrected chi connectivity index (χ1v) is 9.30. The number of hydrogen-bond acceptors (Lipinski definition) is 4. The molecule has 0 saturated carbocycles. The summed E-state index contributed by atoms with van der Waals surface area (Å²) in [5, 5.41) is 11.9. The van der Waals surface area contributed by atoms with Gasteiger partial charge in [-0.15, -0.1) is 0 Å². The molecule has 1 saturated heterocycles. The third-order valence-corrected chi connectivity index (χ3v) is 6.20. The van der Waals surface area contributed by atoms with E-state index in [0.717, 1.165) is 12.0 Å². The van der Waals surface area contributed by atoms with E-state index >= 15 is 0 Å². The maximum Gasteiger partial charge on any atom is 0.282 e. The van der Waals surface area contributed by atoms with Crippen LogP contribution in [0.4, 0.5) is 0 Å². The molecule has 126 valence electrons. The fraction of sp³-hybridized carbons (Fsp3) is 0.562. The lowest BCUT2D eigenvalue weighted by Gasteiger charge is -2.37. The minimum atomic E-state index is -3.57. The Bertz CT molecular complexity index is 652. The smallest absolute Gasteiger partial charge is 0.282 e. The Morgan fingerprint density at radius 3 is 2.70 bits per heavy atom. The zero-order valence-corrected chi connectivity index (χ0v) is 14.5. The molecule has 1 aliphatic rings. The quantitative estimate of drug-likeness (QED) is 0.849. The molecule has 1 N–H and O–H groups in total. The van der Waals surface area contributed by atoms with Gasteiger partial charge in [-0.05, 0) is 17.5 Å². The van der Waals surface area contributed by atoms with Crippen LogP contribution in [0.3, 0.4) is 0 Å². The highest BCUT2D eigenvalue weighted by molar-refractivity contribution is 7.86. The monoisotopic (exact) mass is 336 g/mol. The molecular formula is C16H24N4O2S. The van der Waals surface area contributed by atoms with Crippen LogP contribution >= 0.6 is 0 Å². The van der Waals surface area contributed by atoms with Gasteiger partial charge < -0.3 is 5.32 Å². The number of nitriles is 1. The molecular weight excluding hydrogens is 312 g/mol. The van der Waals surface area contributed by atoms with Gasteiger partial charge in [0, 0.05) is 39.6 Å². The number of benzene rings is 1. The highest BCUT2D eigenvalue weighted by atomic mass is 32.2. The molecule has 0 radical (unpaired) electrons. The zero-order chi connectivity index (χ0) is 16.9. The van der Waals surface area contributed by atoms with Gasteiger partial charge in [-0.1, -0.05) is 31.2 Å². The van der Waals surface area contributed by atoms with Crippen molar-refractivity contribution in [3.8, 4) is 6.07 Å². The van der Waals surface area contributed by atoms with Gasteiger partial charge in [-0.3, -0.25) is 0 Å². The SMILES string of the molecule is CCc1ccc(C2CNCCN2S(=O)(=O)N(C)CCC#N)cc1. The van der Waals surface area contributed by atoms with Crippen LogP contribution in [0, 0.1) is 11.3 Å². The lowest BCUT2D eigenvalue weighted by molar-refractivity contribution is 0.253. The summed E-state index contributed by atoms with van der Waals surface area (Å²) in [6.45, 7) is 3.97. The molecule has 23 heavy (non-hydrogen) atoms. The molecule has 1 aliphatic heterocycles. The number of piperazine rings is 1. The van der Waals surface area contributed by atoms with E-state index in [0.29, 0.717) is 19.6 Å². The van der Waals surface area contributed by atoms with Crippen molar-refractivity contribution >= 4 is 10.2 Å². The van der Waals surface area contributed by atoms with Gasteiger partial charge in [0.25, 0.3) is 10.2 Å². The third-order valence-electron chi connectivity index (χ3n) is 4.20. The summed E-state index contributed by atoms with van der Waals surface area (Å²) >= 11 is 0. The number of nitrogens with zero attached hydrogens (tertiary/aromatic N) is 3. The Labute approximate surface area is 138 Å². The van der Waals surface area contributed by atoms with Gasteiger partial charge >= 0.3 is 0 Å². The van der Waals surface area contributed by atoms with E-state index in [4.69, 9.17) is 5.26 Å². The summed E-state index contributed by atoms with van der Waals surface area (Å²) in [6, 6.07) is 9.89. The molecule has 1 unspecified atom stereocenters. The average molecular weight is 336 g/mol. The summed E-state index contributed by atoms with van der Waals surface area (Å²) in [7, 11) is -2.04. The van der Waals surface area contributed by atoms with E-state index in [1.54, 1.807) is 4.31 Å². The zero-order valence-electron chi connectivity index (χ0n) is 13.7. The molecule has 1 atom stereocenters. The van der Waals surface area contributed by atoms with Crippen molar-refractivity contribution in [1.82, 2.24) is 13.9 Å². The Morgan fingerprint density at radius 2 is 2.09 bits per heavy atom. The van der Waals surface area contributed by atoms with Crippen molar-refractivity contribution in [2.45, 2.75) is 25.8 Å². The number of aryl methyl sites for hydroxylation is 1. The van der Waals surface area contributed by atoms with E-state index in [1.807, 2.05) is 30.3 Å². The summed E-state index contributed by atoms with van der Waals surface area (Å²) in [5.74, 6) is 0. The van der Waals surface area contributed by atoms with Crippen molar-refractivity contribution in [3.05, 3.63) is 35.4 Å². The van der Waals surface area contributed by atoms with Crippen LogP contribution in [0.25, 0.3) is 0 Å². The Morgan fingerprint density at radius 1 is 1.39 bits per heavy atom. The Balaban J connectivity index is 2.25. The van der Waals surface area contributed by atoms with Gasteiger partial charge in [-0.25, -0.2) is 0 Å². The van der Waals surface area contributed by atoms with Gasteiger partial charge in [0.05, 0.1) is 12.1 Å².